The second kappa shape index (κ2) is 8.52. The molecule has 24 heavy (non-hydrogen) atoms. The molecule has 1 amide bonds. The largest absolute Gasteiger partial charge is 0.359 e. The van der Waals surface area contributed by atoms with E-state index in [2.05, 4.69) is 5.32 Å². The normalized spacial score (nSPS) is 13.3. The van der Waals surface area contributed by atoms with Gasteiger partial charge in [0.2, 0.25) is 5.91 Å². The van der Waals surface area contributed by atoms with Gasteiger partial charge in [-0.15, -0.1) is 0 Å². The number of hydrogen-bond acceptors (Lipinski definition) is 3. The van der Waals surface area contributed by atoms with Crippen LogP contribution in [-0.2, 0) is 14.3 Å². The Kier molecular flexibility index (Phi) is 6.40. The predicted molar refractivity (Wildman–Crippen MR) is 85.1 cm³/mol. The Bertz CT molecular complexity index is 659. The van der Waals surface area contributed by atoms with E-state index >= 15 is 0 Å². The summed E-state index contributed by atoms with van der Waals surface area (Å²) in [6, 6.07) is 11.0. The summed E-state index contributed by atoms with van der Waals surface area (Å²) in [4.78, 5) is 11.6. The van der Waals surface area contributed by atoms with Crippen LogP contribution >= 0.6 is 0 Å². The molecule has 128 valence electrons. The lowest BCUT2D eigenvalue weighted by atomic mass is 9.95. The standard InChI is InChI=1S/C18H19F2NO3/c1-12(22)21-17(13-3-7-15(19)8-4-13)18(24-11-23-2)14-5-9-16(20)10-6-14/h3-10,17-18H,11H2,1-2H3,(H,21,22)/t17-,18+/m1/s1. The molecular weight excluding hydrogens is 316 g/mol. The monoisotopic (exact) mass is 335 g/mol. The Morgan fingerprint density at radius 1 is 1.00 bits per heavy atom. The molecule has 2 aromatic carbocycles. The van der Waals surface area contributed by atoms with E-state index in [0.29, 0.717) is 11.1 Å². The summed E-state index contributed by atoms with van der Waals surface area (Å²) in [6.07, 6.45) is -0.625. The molecule has 2 aromatic rings. The first-order valence-electron chi connectivity index (χ1n) is 7.40. The molecule has 0 heterocycles. The third kappa shape index (κ3) is 4.84. The Hall–Kier alpha value is -2.31. The van der Waals surface area contributed by atoms with Gasteiger partial charge in [-0.2, -0.15) is 0 Å². The van der Waals surface area contributed by atoms with Crippen molar-refractivity contribution in [2.45, 2.75) is 19.1 Å². The number of methoxy groups -OCH3 is 1. The van der Waals surface area contributed by atoms with Crippen LogP contribution in [-0.4, -0.2) is 19.8 Å². The highest BCUT2D eigenvalue weighted by Crippen LogP contribution is 2.32. The first-order chi connectivity index (χ1) is 11.5. The molecule has 0 aliphatic heterocycles. The van der Waals surface area contributed by atoms with Crippen LogP contribution < -0.4 is 5.32 Å². The third-order valence-electron chi connectivity index (χ3n) is 3.45. The molecule has 4 nitrogen and oxygen atoms in total. The summed E-state index contributed by atoms with van der Waals surface area (Å²) < 4.78 is 37.1. The summed E-state index contributed by atoms with van der Waals surface area (Å²) >= 11 is 0. The van der Waals surface area contributed by atoms with Crippen LogP contribution in [0.15, 0.2) is 48.5 Å². The Balaban J connectivity index is 2.40. The molecule has 0 radical (unpaired) electrons. The summed E-state index contributed by atoms with van der Waals surface area (Å²) in [7, 11) is 1.48. The number of benzene rings is 2. The van der Waals surface area contributed by atoms with Crippen molar-refractivity contribution in [3.8, 4) is 0 Å². The molecule has 0 aromatic heterocycles. The maximum absolute atomic E-state index is 13.2. The van der Waals surface area contributed by atoms with E-state index in [1.807, 2.05) is 0 Å². The summed E-state index contributed by atoms with van der Waals surface area (Å²) in [6.45, 7) is 1.37. The second-order valence-corrected chi connectivity index (χ2v) is 5.28. The van der Waals surface area contributed by atoms with Crippen molar-refractivity contribution in [1.82, 2.24) is 5.32 Å². The van der Waals surface area contributed by atoms with Crippen LogP contribution in [0.4, 0.5) is 8.78 Å². The van der Waals surface area contributed by atoms with Crippen molar-refractivity contribution >= 4 is 5.91 Å². The van der Waals surface area contributed by atoms with Gasteiger partial charge in [0.05, 0.1) is 6.04 Å². The fourth-order valence-corrected chi connectivity index (χ4v) is 2.40. The molecule has 6 heteroatoms. The van der Waals surface area contributed by atoms with Crippen molar-refractivity contribution in [3.63, 3.8) is 0 Å². The Labute approximate surface area is 139 Å². The first-order valence-corrected chi connectivity index (χ1v) is 7.40. The van der Waals surface area contributed by atoms with Gasteiger partial charge in [-0.1, -0.05) is 24.3 Å². The molecule has 0 aliphatic rings. The van der Waals surface area contributed by atoms with Crippen molar-refractivity contribution < 1.29 is 23.0 Å². The Morgan fingerprint density at radius 2 is 1.50 bits per heavy atom. The molecule has 2 rings (SSSR count). The number of carbonyl (C=O) groups is 1. The highest BCUT2D eigenvalue weighted by Gasteiger charge is 2.27. The van der Waals surface area contributed by atoms with Crippen LogP contribution in [0.5, 0.6) is 0 Å². The van der Waals surface area contributed by atoms with E-state index < -0.39 is 12.1 Å². The smallest absolute Gasteiger partial charge is 0.217 e. The minimum atomic E-state index is -0.625. The molecule has 0 aliphatic carbocycles. The fraction of sp³-hybridized carbons (Fsp3) is 0.278. The van der Waals surface area contributed by atoms with Gasteiger partial charge < -0.3 is 14.8 Å². The lowest BCUT2D eigenvalue weighted by molar-refractivity contribution is -0.123. The van der Waals surface area contributed by atoms with E-state index in [4.69, 9.17) is 9.47 Å². The second-order valence-electron chi connectivity index (χ2n) is 5.28. The molecule has 0 spiro atoms. The van der Waals surface area contributed by atoms with Crippen LogP contribution in [0.1, 0.15) is 30.2 Å². The SMILES string of the molecule is COCO[C@@H](c1ccc(F)cc1)[C@H](NC(C)=O)c1ccc(F)cc1. The third-order valence-corrected chi connectivity index (χ3v) is 3.45. The van der Waals surface area contributed by atoms with Gasteiger partial charge in [-0.25, -0.2) is 8.78 Å². The van der Waals surface area contributed by atoms with Crippen molar-refractivity contribution in [2.24, 2.45) is 0 Å². The fourth-order valence-electron chi connectivity index (χ4n) is 2.40. The highest BCUT2D eigenvalue weighted by molar-refractivity contribution is 5.73. The van der Waals surface area contributed by atoms with E-state index in [9.17, 15) is 13.6 Å². The van der Waals surface area contributed by atoms with Crippen LogP contribution in [0.25, 0.3) is 0 Å². The van der Waals surface area contributed by atoms with E-state index in [-0.39, 0.29) is 24.3 Å². The minimum Gasteiger partial charge on any atom is -0.359 e. The maximum atomic E-state index is 13.2. The minimum absolute atomic E-state index is 0.0146. The van der Waals surface area contributed by atoms with Gasteiger partial charge in [-0.3, -0.25) is 4.79 Å². The van der Waals surface area contributed by atoms with Gasteiger partial charge in [0.15, 0.2) is 0 Å². The highest BCUT2D eigenvalue weighted by atomic mass is 19.1. The summed E-state index contributed by atoms with van der Waals surface area (Å²) in [5.41, 5.74) is 1.33. The molecule has 1 N–H and O–H groups in total. The quantitative estimate of drug-likeness (QED) is 0.788. The molecule has 0 saturated heterocycles. The number of carbonyl (C=O) groups excluding carboxylic acids is 1. The average molecular weight is 335 g/mol. The lowest BCUT2D eigenvalue weighted by Gasteiger charge is -2.28. The van der Waals surface area contributed by atoms with Crippen LogP contribution in [0, 0.1) is 11.6 Å². The zero-order valence-electron chi connectivity index (χ0n) is 13.5. The van der Waals surface area contributed by atoms with Crippen molar-refractivity contribution in [3.05, 3.63) is 71.3 Å². The van der Waals surface area contributed by atoms with Crippen LogP contribution in [0.2, 0.25) is 0 Å². The average Bonchev–Trinajstić information content (AvgIpc) is 2.56. The number of rotatable bonds is 7. The predicted octanol–water partition coefficient (Wildman–Crippen LogP) is 3.50. The van der Waals surface area contributed by atoms with E-state index in [0.717, 1.165) is 0 Å². The van der Waals surface area contributed by atoms with E-state index in [1.54, 1.807) is 24.3 Å². The molecular formula is C18H19F2NO3. The number of ether oxygens (including phenoxy) is 2. The number of halogens is 2. The van der Waals surface area contributed by atoms with Gasteiger partial charge >= 0.3 is 0 Å². The van der Waals surface area contributed by atoms with E-state index in [1.165, 1.54) is 38.3 Å². The zero-order valence-corrected chi connectivity index (χ0v) is 13.5. The van der Waals surface area contributed by atoms with Crippen molar-refractivity contribution in [2.75, 3.05) is 13.9 Å². The van der Waals surface area contributed by atoms with Gasteiger partial charge in [0.1, 0.15) is 24.5 Å². The molecule has 0 fully saturated rings. The molecule has 0 bridgehead atoms. The number of nitrogens with one attached hydrogen (secondary N) is 1. The van der Waals surface area contributed by atoms with Crippen LogP contribution in [0.3, 0.4) is 0 Å². The maximum Gasteiger partial charge on any atom is 0.217 e. The molecule has 2 atom stereocenters. The lowest BCUT2D eigenvalue weighted by Crippen LogP contribution is -2.32. The molecule has 0 saturated carbocycles. The summed E-state index contributed by atoms with van der Waals surface area (Å²) in [5, 5.41) is 2.80. The van der Waals surface area contributed by atoms with Gasteiger partial charge in [0.25, 0.3) is 0 Å². The van der Waals surface area contributed by atoms with Crippen molar-refractivity contribution in [1.29, 1.82) is 0 Å². The zero-order chi connectivity index (χ0) is 17.5. The number of hydrogen-bond donors (Lipinski definition) is 1. The number of amides is 1. The Morgan fingerprint density at radius 3 is 1.96 bits per heavy atom. The van der Waals surface area contributed by atoms with Gasteiger partial charge in [0, 0.05) is 14.0 Å². The van der Waals surface area contributed by atoms with Gasteiger partial charge in [-0.05, 0) is 35.4 Å². The molecule has 0 unspecified atom stereocenters. The summed E-state index contributed by atoms with van der Waals surface area (Å²) in [5.74, 6) is -1.02. The first kappa shape index (κ1) is 18.0. The topological polar surface area (TPSA) is 47.6 Å².